The molecule has 0 aliphatic carbocycles. The molecule has 0 saturated heterocycles. The van der Waals surface area contributed by atoms with E-state index in [2.05, 4.69) is 0 Å². The molecule has 0 saturated carbocycles. The second-order valence-corrected chi connectivity index (χ2v) is 6.99. The van der Waals surface area contributed by atoms with Crippen LogP contribution in [0.2, 0.25) is 0 Å². The highest BCUT2D eigenvalue weighted by Crippen LogP contribution is 2.54. The topological polar surface area (TPSA) is 74.6 Å². The first-order chi connectivity index (χ1) is 15.7. The Morgan fingerprint density at radius 1 is 0.618 bits per heavy atom. The summed E-state index contributed by atoms with van der Waals surface area (Å²) < 4.78 is 118. The first-order valence-electron chi connectivity index (χ1n) is 9.00. The van der Waals surface area contributed by atoms with Crippen LogP contribution in [0.1, 0.15) is 37.4 Å². The summed E-state index contributed by atoms with van der Waals surface area (Å²) >= 11 is 0. The predicted molar refractivity (Wildman–Crippen MR) is 99.0 cm³/mol. The Balaban J connectivity index is 2.61. The summed E-state index contributed by atoms with van der Waals surface area (Å²) in [5.41, 5.74) is -11.8. The standard InChI is InChI=1S/C22H10F8O4/c23-12-3-1-11(2-4-12)21(22(28,29)30,17-13(24)5-9(19(31)32)6-14(17)25)18-15(26)7-10(20(33)34)8-16(18)27/h1-8H,(H,31,32)(H,33,34). The molecule has 0 atom stereocenters. The number of hydrogen-bond acceptors (Lipinski definition) is 2. The molecular formula is C22H10F8O4. The van der Waals surface area contributed by atoms with Crippen LogP contribution in [0, 0.1) is 29.1 Å². The van der Waals surface area contributed by atoms with Gasteiger partial charge in [-0.15, -0.1) is 0 Å². The van der Waals surface area contributed by atoms with Crippen LogP contribution in [0.25, 0.3) is 0 Å². The Bertz CT molecular complexity index is 1180. The summed E-state index contributed by atoms with van der Waals surface area (Å²) in [5, 5.41) is 17.9. The van der Waals surface area contributed by atoms with Crippen molar-refractivity contribution in [2.45, 2.75) is 11.6 Å². The van der Waals surface area contributed by atoms with Crippen LogP contribution in [-0.4, -0.2) is 28.3 Å². The number of rotatable bonds is 5. The molecule has 0 fully saturated rings. The van der Waals surface area contributed by atoms with Crippen molar-refractivity contribution in [3.63, 3.8) is 0 Å². The van der Waals surface area contributed by atoms with E-state index in [9.17, 15) is 27.2 Å². The molecule has 3 rings (SSSR count). The van der Waals surface area contributed by atoms with E-state index < -0.39 is 80.4 Å². The van der Waals surface area contributed by atoms with Gasteiger partial charge in [0.25, 0.3) is 0 Å². The number of carboxylic acids is 2. The molecule has 0 aliphatic heterocycles. The second-order valence-electron chi connectivity index (χ2n) is 6.99. The molecule has 0 heterocycles. The number of alkyl halides is 3. The van der Waals surface area contributed by atoms with Crippen molar-refractivity contribution in [2.75, 3.05) is 0 Å². The maximum Gasteiger partial charge on any atom is 0.406 e. The lowest BCUT2D eigenvalue weighted by atomic mass is 9.67. The van der Waals surface area contributed by atoms with Crippen LogP contribution in [0.3, 0.4) is 0 Å². The molecule has 0 aliphatic rings. The largest absolute Gasteiger partial charge is 0.478 e. The lowest BCUT2D eigenvalue weighted by Gasteiger charge is -2.38. The molecule has 0 amide bonds. The van der Waals surface area contributed by atoms with Gasteiger partial charge in [-0.3, -0.25) is 0 Å². The molecule has 3 aromatic rings. The fourth-order valence-electron chi connectivity index (χ4n) is 3.67. The van der Waals surface area contributed by atoms with Crippen LogP contribution < -0.4 is 0 Å². The van der Waals surface area contributed by atoms with E-state index in [1.807, 2.05) is 0 Å². The van der Waals surface area contributed by atoms with Crippen molar-refractivity contribution in [1.29, 1.82) is 0 Å². The fourth-order valence-corrected chi connectivity index (χ4v) is 3.67. The first-order valence-corrected chi connectivity index (χ1v) is 9.00. The smallest absolute Gasteiger partial charge is 0.406 e. The summed E-state index contributed by atoms with van der Waals surface area (Å²) in [7, 11) is 0. The number of hydrogen-bond donors (Lipinski definition) is 2. The van der Waals surface area contributed by atoms with Crippen molar-refractivity contribution in [3.8, 4) is 0 Å². The average Bonchev–Trinajstić information content (AvgIpc) is 2.70. The fraction of sp³-hybridized carbons (Fsp3) is 0.0909. The minimum absolute atomic E-state index is 0.0200. The van der Waals surface area contributed by atoms with Crippen molar-refractivity contribution in [2.24, 2.45) is 0 Å². The maximum atomic E-state index is 15.0. The highest BCUT2D eigenvalue weighted by molar-refractivity contribution is 5.88. The van der Waals surface area contributed by atoms with Gasteiger partial charge in [-0.1, -0.05) is 12.1 Å². The summed E-state index contributed by atoms with van der Waals surface area (Å²) in [6.45, 7) is 0. The first kappa shape index (κ1) is 24.7. The number of aromatic carboxylic acids is 2. The highest BCUT2D eigenvalue weighted by atomic mass is 19.4. The Hall–Kier alpha value is -3.96. The molecule has 0 unspecified atom stereocenters. The Kier molecular flexibility index (Phi) is 6.12. The quantitative estimate of drug-likeness (QED) is 0.357. The third-order valence-corrected chi connectivity index (χ3v) is 5.03. The van der Waals surface area contributed by atoms with E-state index in [4.69, 9.17) is 10.2 Å². The average molecular weight is 490 g/mol. The molecule has 0 bridgehead atoms. The van der Waals surface area contributed by atoms with Gasteiger partial charge in [0, 0.05) is 11.1 Å². The lowest BCUT2D eigenvalue weighted by Crippen LogP contribution is -2.47. The highest BCUT2D eigenvalue weighted by Gasteiger charge is 2.63. The van der Waals surface area contributed by atoms with Gasteiger partial charge in [0.05, 0.1) is 11.1 Å². The third-order valence-electron chi connectivity index (χ3n) is 5.03. The molecule has 0 radical (unpaired) electrons. The predicted octanol–water partition coefficient (Wildman–Crippen LogP) is 5.68. The molecule has 3 aromatic carbocycles. The zero-order valence-electron chi connectivity index (χ0n) is 16.4. The monoisotopic (exact) mass is 490 g/mol. The van der Waals surface area contributed by atoms with Crippen molar-refractivity contribution >= 4 is 11.9 Å². The van der Waals surface area contributed by atoms with E-state index in [-0.39, 0.29) is 24.3 Å². The molecule has 12 heteroatoms. The van der Waals surface area contributed by atoms with Gasteiger partial charge in [-0.2, -0.15) is 13.2 Å². The molecule has 4 nitrogen and oxygen atoms in total. The second kappa shape index (κ2) is 8.43. The summed E-state index contributed by atoms with van der Waals surface area (Å²) in [6.07, 6.45) is -5.93. The van der Waals surface area contributed by atoms with Gasteiger partial charge in [0.1, 0.15) is 29.1 Å². The van der Waals surface area contributed by atoms with Gasteiger partial charge < -0.3 is 10.2 Å². The summed E-state index contributed by atoms with van der Waals surface area (Å²) in [5.74, 6) is -13.4. The normalized spacial score (nSPS) is 12.0. The minimum atomic E-state index is -5.93. The van der Waals surface area contributed by atoms with Crippen LogP contribution in [0.15, 0.2) is 48.5 Å². The SMILES string of the molecule is O=C(O)c1cc(F)c(C(c2ccc(F)cc2)(c2c(F)cc(C(=O)O)cc2F)C(F)(F)F)c(F)c1. The molecule has 34 heavy (non-hydrogen) atoms. The molecular weight excluding hydrogens is 480 g/mol. The Morgan fingerprint density at radius 2 is 0.941 bits per heavy atom. The van der Waals surface area contributed by atoms with Gasteiger partial charge in [0.15, 0.2) is 5.41 Å². The van der Waals surface area contributed by atoms with Crippen LogP contribution in [-0.2, 0) is 5.41 Å². The number of carbonyl (C=O) groups is 2. The number of carboxylic acid groups (broad SMARTS) is 2. The number of halogens is 8. The van der Waals surface area contributed by atoms with Crippen LogP contribution in [0.4, 0.5) is 35.1 Å². The van der Waals surface area contributed by atoms with E-state index in [0.29, 0.717) is 24.3 Å². The van der Waals surface area contributed by atoms with E-state index in [0.717, 1.165) is 0 Å². The van der Waals surface area contributed by atoms with Gasteiger partial charge >= 0.3 is 18.1 Å². The summed E-state index contributed by atoms with van der Waals surface area (Å²) in [6, 6.07) is 1.74. The summed E-state index contributed by atoms with van der Waals surface area (Å²) in [4.78, 5) is 22.2. The van der Waals surface area contributed by atoms with Gasteiger partial charge in [-0.05, 0) is 42.0 Å². The number of benzene rings is 3. The van der Waals surface area contributed by atoms with Crippen LogP contribution in [0.5, 0.6) is 0 Å². The molecule has 2 N–H and O–H groups in total. The van der Waals surface area contributed by atoms with Crippen molar-refractivity contribution in [3.05, 3.63) is 105 Å². The van der Waals surface area contributed by atoms with Crippen molar-refractivity contribution in [1.82, 2.24) is 0 Å². The van der Waals surface area contributed by atoms with E-state index >= 15 is 17.6 Å². The van der Waals surface area contributed by atoms with Gasteiger partial charge in [-0.25, -0.2) is 31.5 Å². The zero-order valence-corrected chi connectivity index (χ0v) is 16.4. The Morgan fingerprint density at radius 3 is 1.21 bits per heavy atom. The zero-order chi connectivity index (χ0) is 25.6. The lowest BCUT2D eigenvalue weighted by molar-refractivity contribution is -0.169. The van der Waals surface area contributed by atoms with Crippen molar-refractivity contribution < 1.29 is 54.9 Å². The Labute approximate surface area is 184 Å². The molecule has 0 spiro atoms. The maximum absolute atomic E-state index is 15.0. The molecule has 178 valence electrons. The van der Waals surface area contributed by atoms with E-state index in [1.54, 1.807) is 0 Å². The minimum Gasteiger partial charge on any atom is -0.478 e. The van der Waals surface area contributed by atoms with E-state index in [1.165, 1.54) is 0 Å². The molecule has 0 aromatic heterocycles. The van der Waals surface area contributed by atoms with Gasteiger partial charge in [0.2, 0.25) is 0 Å². The third kappa shape index (κ3) is 3.84. The van der Waals surface area contributed by atoms with Crippen LogP contribution >= 0.6 is 0 Å².